The lowest BCUT2D eigenvalue weighted by molar-refractivity contribution is -0.108. The molecular weight excluding hydrogens is 148 g/mol. The van der Waals surface area contributed by atoms with Crippen molar-refractivity contribution in [1.29, 1.82) is 0 Å². The van der Waals surface area contributed by atoms with Crippen LogP contribution in [0.3, 0.4) is 0 Å². The van der Waals surface area contributed by atoms with E-state index in [4.69, 9.17) is 0 Å². The van der Waals surface area contributed by atoms with Crippen molar-refractivity contribution in [2.75, 3.05) is 0 Å². The minimum Gasteiger partial charge on any atom is -0.303 e. The van der Waals surface area contributed by atoms with Crippen LogP contribution in [0.1, 0.15) is 46.5 Å². The SMILES string of the molecule is CCC/C=C/C(C)(C)CCC=O. The first-order valence-electron chi connectivity index (χ1n) is 4.73. The molecule has 0 saturated heterocycles. The molecule has 0 atom stereocenters. The monoisotopic (exact) mass is 168 g/mol. The summed E-state index contributed by atoms with van der Waals surface area (Å²) in [6, 6.07) is 0. The zero-order valence-electron chi connectivity index (χ0n) is 8.47. The number of carbonyl (C=O) groups is 1. The molecule has 0 spiro atoms. The number of carbonyl (C=O) groups excluding carboxylic acids is 1. The molecule has 0 unspecified atom stereocenters. The summed E-state index contributed by atoms with van der Waals surface area (Å²) < 4.78 is 0. The molecule has 0 aliphatic carbocycles. The van der Waals surface area contributed by atoms with Gasteiger partial charge in [-0.1, -0.05) is 39.3 Å². The number of unbranched alkanes of at least 4 members (excludes halogenated alkanes) is 1. The lowest BCUT2D eigenvalue weighted by atomic mass is 9.87. The van der Waals surface area contributed by atoms with Crippen molar-refractivity contribution < 1.29 is 4.79 Å². The molecule has 0 aromatic heterocycles. The van der Waals surface area contributed by atoms with Crippen molar-refractivity contribution in [1.82, 2.24) is 0 Å². The Labute approximate surface area is 75.9 Å². The normalized spacial score (nSPS) is 12.2. The van der Waals surface area contributed by atoms with Crippen LogP contribution < -0.4 is 0 Å². The van der Waals surface area contributed by atoms with Gasteiger partial charge in [0.25, 0.3) is 0 Å². The average molecular weight is 168 g/mol. The Kier molecular flexibility index (Phi) is 5.69. The molecule has 0 heterocycles. The third kappa shape index (κ3) is 6.14. The highest BCUT2D eigenvalue weighted by atomic mass is 16.1. The molecule has 0 N–H and O–H groups in total. The summed E-state index contributed by atoms with van der Waals surface area (Å²) in [6.07, 6.45) is 9.39. The lowest BCUT2D eigenvalue weighted by Crippen LogP contribution is -2.06. The van der Waals surface area contributed by atoms with E-state index >= 15 is 0 Å². The van der Waals surface area contributed by atoms with Crippen molar-refractivity contribution in [3.8, 4) is 0 Å². The maximum atomic E-state index is 10.2. The van der Waals surface area contributed by atoms with Crippen LogP contribution in [0.5, 0.6) is 0 Å². The molecule has 70 valence electrons. The molecular formula is C11H20O. The highest BCUT2D eigenvalue weighted by molar-refractivity contribution is 5.49. The minimum absolute atomic E-state index is 0.191. The molecule has 0 aromatic carbocycles. The van der Waals surface area contributed by atoms with Gasteiger partial charge in [-0.25, -0.2) is 0 Å². The Balaban J connectivity index is 3.76. The van der Waals surface area contributed by atoms with Gasteiger partial charge in [-0.3, -0.25) is 0 Å². The van der Waals surface area contributed by atoms with E-state index in [9.17, 15) is 4.79 Å². The number of aldehydes is 1. The second-order valence-corrected chi connectivity index (χ2v) is 3.88. The van der Waals surface area contributed by atoms with Gasteiger partial charge < -0.3 is 4.79 Å². The molecule has 0 radical (unpaired) electrons. The van der Waals surface area contributed by atoms with Crippen LogP contribution in [0.25, 0.3) is 0 Å². The van der Waals surface area contributed by atoms with Gasteiger partial charge in [0.05, 0.1) is 0 Å². The van der Waals surface area contributed by atoms with E-state index in [0.717, 1.165) is 19.1 Å². The number of hydrogen-bond acceptors (Lipinski definition) is 1. The fourth-order valence-corrected chi connectivity index (χ4v) is 1.08. The number of allylic oxidation sites excluding steroid dienone is 2. The van der Waals surface area contributed by atoms with E-state index in [-0.39, 0.29) is 5.41 Å². The van der Waals surface area contributed by atoms with Crippen molar-refractivity contribution in [3.05, 3.63) is 12.2 Å². The van der Waals surface area contributed by atoms with Gasteiger partial charge in [0.1, 0.15) is 6.29 Å². The van der Waals surface area contributed by atoms with Crippen LogP contribution in [0.4, 0.5) is 0 Å². The topological polar surface area (TPSA) is 17.1 Å². The zero-order valence-corrected chi connectivity index (χ0v) is 8.47. The van der Waals surface area contributed by atoms with E-state index in [2.05, 4.69) is 32.9 Å². The maximum absolute atomic E-state index is 10.2. The van der Waals surface area contributed by atoms with Crippen molar-refractivity contribution in [2.24, 2.45) is 5.41 Å². The summed E-state index contributed by atoms with van der Waals surface area (Å²) in [4.78, 5) is 10.2. The minimum atomic E-state index is 0.191. The number of hydrogen-bond donors (Lipinski definition) is 0. The average Bonchev–Trinajstić information content (AvgIpc) is 2.01. The molecule has 0 bridgehead atoms. The largest absolute Gasteiger partial charge is 0.303 e. The summed E-state index contributed by atoms with van der Waals surface area (Å²) in [5, 5.41) is 0. The molecule has 0 aliphatic heterocycles. The second kappa shape index (κ2) is 5.99. The van der Waals surface area contributed by atoms with E-state index in [0.29, 0.717) is 6.42 Å². The Morgan fingerprint density at radius 3 is 2.42 bits per heavy atom. The molecule has 1 nitrogen and oxygen atoms in total. The van der Waals surface area contributed by atoms with Crippen molar-refractivity contribution >= 4 is 6.29 Å². The summed E-state index contributed by atoms with van der Waals surface area (Å²) in [5.41, 5.74) is 0.191. The Hall–Kier alpha value is -0.590. The zero-order chi connectivity index (χ0) is 9.45. The molecule has 0 aromatic rings. The molecule has 0 fully saturated rings. The summed E-state index contributed by atoms with van der Waals surface area (Å²) in [5.74, 6) is 0. The Morgan fingerprint density at radius 1 is 1.25 bits per heavy atom. The number of rotatable bonds is 6. The Morgan fingerprint density at radius 2 is 1.92 bits per heavy atom. The molecule has 0 saturated carbocycles. The first-order valence-corrected chi connectivity index (χ1v) is 4.73. The van der Waals surface area contributed by atoms with Crippen LogP contribution in [-0.4, -0.2) is 6.29 Å². The van der Waals surface area contributed by atoms with Crippen molar-refractivity contribution in [2.45, 2.75) is 46.5 Å². The first kappa shape index (κ1) is 11.4. The summed E-state index contributed by atoms with van der Waals surface area (Å²) in [7, 11) is 0. The fraction of sp³-hybridized carbons (Fsp3) is 0.727. The van der Waals surface area contributed by atoms with Gasteiger partial charge in [-0.05, 0) is 18.3 Å². The molecule has 1 heteroatoms. The second-order valence-electron chi connectivity index (χ2n) is 3.88. The maximum Gasteiger partial charge on any atom is 0.120 e. The smallest absolute Gasteiger partial charge is 0.120 e. The summed E-state index contributed by atoms with van der Waals surface area (Å²) in [6.45, 7) is 6.51. The van der Waals surface area contributed by atoms with Crippen LogP contribution in [0, 0.1) is 5.41 Å². The van der Waals surface area contributed by atoms with Gasteiger partial charge in [0.15, 0.2) is 0 Å². The lowest BCUT2D eigenvalue weighted by Gasteiger charge is -2.18. The first-order chi connectivity index (χ1) is 5.62. The molecule has 12 heavy (non-hydrogen) atoms. The van der Waals surface area contributed by atoms with E-state index < -0.39 is 0 Å². The predicted octanol–water partition coefficient (Wildman–Crippen LogP) is 3.35. The van der Waals surface area contributed by atoms with Crippen LogP contribution in [0.2, 0.25) is 0 Å². The van der Waals surface area contributed by atoms with Gasteiger partial charge >= 0.3 is 0 Å². The van der Waals surface area contributed by atoms with E-state index in [1.54, 1.807) is 0 Å². The van der Waals surface area contributed by atoms with Crippen molar-refractivity contribution in [3.63, 3.8) is 0 Å². The predicted molar refractivity (Wildman–Crippen MR) is 53.1 cm³/mol. The molecule has 0 rings (SSSR count). The van der Waals surface area contributed by atoms with Gasteiger partial charge in [0.2, 0.25) is 0 Å². The van der Waals surface area contributed by atoms with Gasteiger partial charge in [-0.2, -0.15) is 0 Å². The summed E-state index contributed by atoms with van der Waals surface area (Å²) >= 11 is 0. The standard InChI is InChI=1S/C11H20O/c1-4-5-6-8-11(2,3)9-7-10-12/h6,8,10H,4-5,7,9H2,1-3H3/b8-6+. The quantitative estimate of drug-likeness (QED) is 0.439. The van der Waals surface area contributed by atoms with Gasteiger partial charge in [0, 0.05) is 6.42 Å². The molecule has 0 aliphatic rings. The third-order valence-electron chi connectivity index (χ3n) is 1.93. The fourth-order valence-electron chi connectivity index (χ4n) is 1.08. The van der Waals surface area contributed by atoms with Gasteiger partial charge in [-0.15, -0.1) is 0 Å². The van der Waals surface area contributed by atoms with Crippen LogP contribution >= 0.6 is 0 Å². The highest BCUT2D eigenvalue weighted by Gasteiger charge is 2.11. The third-order valence-corrected chi connectivity index (χ3v) is 1.93. The van der Waals surface area contributed by atoms with E-state index in [1.165, 1.54) is 6.42 Å². The van der Waals surface area contributed by atoms with Crippen LogP contribution in [0.15, 0.2) is 12.2 Å². The Bertz CT molecular complexity index is 145. The van der Waals surface area contributed by atoms with E-state index in [1.807, 2.05) is 0 Å². The molecule has 0 amide bonds. The van der Waals surface area contributed by atoms with Crippen LogP contribution in [-0.2, 0) is 4.79 Å². The highest BCUT2D eigenvalue weighted by Crippen LogP contribution is 2.23.